The van der Waals surface area contributed by atoms with Gasteiger partial charge in [-0.1, -0.05) is 6.07 Å². The van der Waals surface area contributed by atoms with Crippen LogP contribution in [0.15, 0.2) is 18.2 Å². The molecule has 0 amide bonds. The minimum atomic E-state index is -0.604. The Kier molecular flexibility index (Phi) is 5.22. The van der Waals surface area contributed by atoms with Gasteiger partial charge in [-0.05, 0) is 24.6 Å². The van der Waals surface area contributed by atoms with Crippen molar-refractivity contribution in [2.75, 3.05) is 20.3 Å². The van der Waals surface area contributed by atoms with Crippen LogP contribution in [0.25, 0.3) is 0 Å². The van der Waals surface area contributed by atoms with Gasteiger partial charge in [-0.15, -0.1) is 0 Å². The molecule has 1 aromatic carbocycles. The number of rotatable bonds is 6. The monoisotopic (exact) mass is 228 g/mol. The van der Waals surface area contributed by atoms with Crippen molar-refractivity contribution in [2.24, 2.45) is 0 Å². The number of hydrogen-bond donors (Lipinski definition) is 1. The fourth-order valence-electron chi connectivity index (χ4n) is 1.42. The van der Waals surface area contributed by atoms with Gasteiger partial charge in [-0.2, -0.15) is 0 Å². The van der Waals surface area contributed by atoms with Gasteiger partial charge in [0.2, 0.25) is 0 Å². The summed E-state index contributed by atoms with van der Waals surface area (Å²) in [5, 5.41) is 9.57. The number of benzene rings is 1. The number of hydrogen-bond acceptors (Lipinski definition) is 3. The van der Waals surface area contributed by atoms with Crippen LogP contribution in [-0.4, -0.2) is 31.5 Å². The van der Waals surface area contributed by atoms with E-state index in [1.807, 2.05) is 6.92 Å². The highest BCUT2D eigenvalue weighted by molar-refractivity contribution is 5.29. The summed E-state index contributed by atoms with van der Waals surface area (Å²) in [6.07, 6.45) is -0.228. The molecule has 0 spiro atoms. The second-order valence-corrected chi connectivity index (χ2v) is 3.49. The fourth-order valence-corrected chi connectivity index (χ4v) is 1.42. The van der Waals surface area contributed by atoms with Crippen LogP contribution in [0.4, 0.5) is 4.39 Å². The standard InChI is InChI=1S/C12H17FO3/c1-3-16-8-10(14)6-9-4-5-12(15-2)11(13)7-9/h4-5,7,10,14H,3,6,8H2,1-2H3. The molecule has 0 heterocycles. The zero-order valence-corrected chi connectivity index (χ0v) is 9.57. The van der Waals surface area contributed by atoms with Crippen molar-refractivity contribution in [2.45, 2.75) is 19.4 Å². The Bertz CT molecular complexity index is 328. The molecule has 0 aliphatic heterocycles. The second kappa shape index (κ2) is 6.45. The molecular weight excluding hydrogens is 211 g/mol. The molecule has 0 saturated heterocycles. The zero-order chi connectivity index (χ0) is 12.0. The summed E-state index contributed by atoms with van der Waals surface area (Å²) in [5.41, 5.74) is 0.727. The van der Waals surface area contributed by atoms with Crippen LogP contribution < -0.4 is 4.74 Å². The smallest absolute Gasteiger partial charge is 0.165 e. The van der Waals surface area contributed by atoms with E-state index in [1.54, 1.807) is 12.1 Å². The van der Waals surface area contributed by atoms with Gasteiger partial charge in [-0.25, -0.2) is 4.39 Å². The average Bonchev–Trinajstić information content (AvgIpc) is 2.26. The predicted molar refractivity (Wildman–Crippen MR) is 59.2 cm³/mol. The summed E-state index contributed by atoms with van der Waals surface area (Å²) in [7, 11) is 1.42. The van der Waals surface area contributed by atoms with E-state index < -0.39 is 11.9 Å². The van der Waals surface area contributed by atoms with Crippen LogP contribution in [0, 0.1) is 5.82 Å². The Hall–Kier alpha value is -1.13. The lowest BCUT2D eigenvalue weighted by Gasteiger charge is -2.11. The maximum absolute atomic E-state index is 13.3. The molecule has 0 aliphatic rings. The molecule has 1 aromatic rings. The third-order valence-corrected chi connectivity index (χ3v) is 2.20. The van der Waals surface area contributed by atoms with Crippen molar-refractivity contribution < 1.29 is 19.0 Å². The molecule has 0 fully saturated rings. The van der Waals surface area contributed by atoms with Crippen LogP contribution in [0.5, 0.6) is 5.75 Å². The average molecular weight is 228 g/mol. The van der Waals surface area contributed by atoms with Gasteiger partial charge in [0.1, 0.15) is 0 Å². The van der Waals surface area contributed by atoms with E-state index in [1.165, 1.54) is 13.2 Å². The minimum absolute atomic E-state index is 0.211. The van der Waals surface area contributed by atoms with Crippen LogP contribution >= 0.6 is 0 Å². The van der Waals surface area contributed by atoms with Crippen molar-refractivity contribution in [3.8, 4) is 5.75 Å². The van der Waals surface area contributed by atoms with Crippen LogP contribution in [0.1, 0.15) is 12.5 Å². The zero-order valence-electron chi connectivity index (χ0n) is 9.57. The lowest BCUT2D eigenvalue weighted by Crippen LogP contribution is -2.18. The molecule has 3 nitrogen and oxygen atoms in total. The van der Waals surface area contributed by atoms with Crippen LogP contribution in [-0.2, 0) is 11.2 Å². The number of halogens is 1. The van der Waals surface area contributed by atoms with Crippen molar-refractivity contribution in [3.05, 3.63) is 29.6 Å². The molecule has 1 rings (SSSR count). The van der Waals surface area contributed by atoms with E-state index >= 15 is 0 Å². The first kappa shape index (κ1) is 12.9. The van der Waals surface area contributed by atoms with E-state index in [0.29, 0.717) is 13.0 Å². The van der Waals surface area contributed by atoms with Gasteiger partial charge in [0.15, 0.2) is 11.6 Å². The summed E-state index contributed by atoms with van der Waals surface area (Å²) >= 11 is 0. The molecule has 0 bridgehead atoms. The molecule has 16 heavy (non-hydrogen) atoms. The maximum atomic E-state index is 13.3. The highest BCUT2D eigenvalue weighted by Gasteiger charge is 2.08. The van der Waals surface area contributed by atoms with Crippen molar-refractivity contribution in [3.63, 3.8) is 0 Å². The van der Waals surface area contributed by atoms with E-state index in [0.717, 1.165) is 5.56 Å². The Morgan fingerprint density at radius 1 is 1.44 bits per heavy atom. The highest BCUT2D eigenvalue weighted by Crippen LogP contribution is 2.18. The Morgan fingerprint density at radius 3 is 2.75 bits per heavy atom. The normalized spacial score (nSPS) is 12.5. The Balaban J connectivity index is 2.57. The molecule has 0 radical (unpaired) electrons. The summed E-state index contributed by atoms with van der Waals surface area (Å²) in [6.45, 7) is 2.69. The Labute approximate surface area is 94.8 Å². The fraction of sp³-hybridized carbons (Fsp3) is 0.500. The predicted octanol–water partition coefficient (Wildman–Crippen LogP) is 1.77. The summed E-state index contributed by atoms with van der Waals surface area (Å²) in [6, 6.07) is 4.66. The quantitative estimate of drug-likeness (QED) is 0.806. The molecular formula is C12H17FO3. The van der Waals surface area contributed by atoms with Gasteiger partial charge in [0, 0.05) is 13.0 Å². The van der Waals surface area contributed by atoms with Gasteiger partial charge in [-0.3, -0.25) is 0 Å². The summed E-state index contributed by atoms with van der Waals surface area (Å²) in [4.78, 5) is 0. The molecule has 1 atom stereocenters. The summed E-state index contributed by atoms with van der Waals surface area (Å²) < 4.78 is 23.2. The lowest BCUT2D eigenvalue weighted by atomic mass is 10.1. The van der Waals surface area contributed by atoms with E-state index in [9.17, 15) is 9.50 Å². The first-order chi connectivity index (χ1) is 7.67. The third kappa shape index (κ3) is 3.79. The SMILES string of the molecule is CCOCC(O)Cc1ccc(OC)c(F)c1. The van der Waals surface area contributed by atoms with E-state index in [-0.39, 0.29) is 12.4 Å². The molecule has 0 aliphatic carbocycles. The second-order valence-electron chi connectivity index (χ2n) is 3.49. The largest absolute Gasteiger partial charge is 0.494 e. The van der Waals surface area contributed by atoms with Crippen molar-refractivity contribution in [1.82, 2.24) is 0 Å². The van der Waals surface area contributed by atoms with Crippen molar-refractivity contribution in [1.29, 1.82) is 0 Å². The molecule has 0 saturated carbocycles. The highest BCUT2D eigenvalue weighted by atomic mass is 19.1. The first-order valence-corrected chi connectivity index (χ1v) is 5.25. The number of aliphatic hydroxyl groups excluding tert-OH is 1. The van der Waals surface area contributed by atoms with Gasteiger partial charge >= 0.3 is 0 Å². The number of ether oxygens (including phenoxy) is 2. The van der Waals surface area contributed by atoms with E-state index in [2.05, 4.69) is 0 Å². The topological polar surface area (TPSA) is 38.7 Å². The van der Waals surface area contributed by atoms with Gasteiger partial charge in [0.25, 0.3) is 0 Å². The van der Waals surface area contributed by atoms with Gasteiger partial charge in [0.05, 0.1) is 19.8 Å². The van der Waals surface area contributed by atoms with Crippen LogP contribution in [0.3, 0.4) is 0 Å². The van der Waals surface area contributed by atoms with Crippen LogP contribution in [0.2, 0.25) is 0 Å². The number of methoxy groups -OCH3 is 1. The Morgan fingerprint density at radius 2 is 2.19 bits per heavy atom. The molecule has 0 aromatic heterocycles. The number of aliphatic hydroxyl groups is 1. The maximum Gasteiger partial charge on any atom is 0.165 e. The molecule has 90 valence electrons. The summed E-state index contributed by atoms with van der Waals surface area (Å²) in [5.74, 6) is -0.202. The first-order valence-electron chi connectivity index (χ1n) is 5.25. The lowest BCUT2D eigenvalue weighted by molar-refractivity contribution is 0.0429. The molecule has 1 N–H and O–H groups in total. The van der Waals surface area contributed by atoms with Gasteiger partial charge < -0.3 is 14.6 Å². The molecule has 1 unspecified atom stereocenters. The van der Waals surface area contributed by atoms with E-state index in [4.69, 9.17) is 9.47 Å². The molecule has 4 heteroatoms. The third-order valence-electron chi connectivity index (χ3n) is 2.20. The minimum Gasteiger partial charge on any atom is -0.494 e. The van der Waals surface area contributed by atoms with Crippen molar-refractivity contribution >= 4 is 0 Å².